The number of pyridine rings is 1. The number of aromatic nitrogens is 5. The predicted molar refractivity (Wildman–Crippen MR) is 118 cm³/mol. The van der Waals surface area contributed by atoms with Gasteiger partial charge in [0.1, 0.15) is 24.5 Å². The number of non-ortho nitro benzene ring substituents is 1. The van der Waals surface area contributed by atoms with Crippen LogP contribution < -0.4 is 10.1 Å². The average molecular weight is 438 g/mol. The lowest BCUT2D eigenvalue weighted by Gasteiger charge is -2.14. The van der Waals surface area contributed by atoms with Gasteiger partial charge in [0.15, 0.2) is 5.65 Å². The molecule has 0 saturated carbocycles. The van der Waals surface area contributed by atoms with Crippen LogP contribution in [0.4, 0.5) is 17.1 Å². The van der Waals surface area contributed by atoms with Crippen molar-refractivity contribution in [1.82, 2.24) is 24.6 Å². The van der Waals surface area contributed by atoms with Crippen LogP contribution in [0.3, 0.4) is 0 Å². The van der Waals surface area contributed by atoms with Crippen LogP contribution in [0.15, 0.2) is 61.3 Å². The van der Waals surface area contributed by atoms with Crippen molar-refractivity contribution in [2.45, 2.75) is 6.92 Å². The summed E-state index contributed by atoms with van der Waals surface area (Å²) in [5, 5.41) is 32.3. The first-order valence-electron chi connectivity index (χ1n) is 9.70. The predicted octanol–water partition coefficient (Wildman–Crippen LogP) is 4.30. The molecular weight excluding hydrogens is 424 g/mol. The van der Waals surface area contributed by atoms with Crippen LogP contribution in [0.2, 0.25) is 0 Å². The number of benzene rings is 2. The molecule has 2 aromatic carbocycles. The number of nitro groups is 1. The van der Waals surface area contributed by atoms with Crippen LogP contribution in [0.1, 0.15) is 11.1 Å². The Morgan fingerprint density at radius 1 is 1.15 bits per heavy atom. The highest BCUT2D eigenvalue weighted by molar-refractivity contribution is 5.97. The van der Waals surface area contributed by atoms with Gasteiger partial charge in [0.05, 0.1) is 21.7 Å². The second kappa shape index (κ2) is 7.86. The number of nitro benzene ring substituents is 1. The molecule has 5 aromatic rings. The summed E-state index contributed by atoms with van der Waals surface area (Å²) in [5.41, 5.74) is 3.26. The van der Waals surface area contributed by atoms with E-state index >= 15 is 0 Å². The maximum absolute atomic E-state index is 11.2. The molecule has 0 spiro atoms. The van der Waals surface area contributed by atoms with Gasteiger partial charge in [0.25, 0.3) is 5.69 Å². The molecule has 33 heavy (non-hydrogen) atoms. The molecule has 0 unspecified atom stereocenters. The fraction of sp³-hybridized carbons (Fsp3) is 0.0455. The summed E-state index contributed by atoms with van der Waals surface area (Å²) in [4.78, 5) is 19.2. The smallest absolute Gasteiger partial charge is 0.270 e. The number of nitriles is 1. The molecule has 0 aliphatic heterocycles. The molecule has 0 saturated heterocycles. The van der Waals surface area contributed by atoms with Crippen LogP contribution in [-0.4, -0.2) is 29.5 Å². The van der Waals surface area contributed by atoms with Gasteiger partial charge >= 0.3 is 0 Å². The number of anilines is 2. The van der Waals surface area contributed by atoms with Gasteiger partial charge in [-0.05, 0) is 36.8 Å². The molecule has 11 nitrogen and oxygen atoms in total. The highest BCUT2D eigenvalue weighted by atomic mass is 16.6. The van der Waals surface area contributed by atoms with Crippen LogP contribution in [0.5, 0.6) is 11.6 Å². The highest BCUT2D eigenvalue weighted by Crippen LogP contribution is 2.33. The van der Waals surface area contributed by atoms with Gasteiger partial charge in [-0.1, -0.05) is 0 Å². The van der Waals surface area contributed by atoms with Gasteiger partial charge in [-0.15, -0.1) is 10.2 Å². The average Bonchev–Trinajstić information content (AvgIpc) is 3.28. The molecule has 0 radical (unpaired) electrons. The second-order valence-corrected chi connectivity index (χ2v) is 7.15. The first-order valence-corrected chi connectivity index (χ1v) is 9.70. The van der Waals surface area contributed by atoms with Crippen molar-refractivity contribution < 1.29 is 9.66 Å². The monoisotopic (exact) mass is 438 g/mol. The molecule has 11 heteroatoms. The maximum atomic E-state index is 11.2. The molecule has 3 heterocycles. The Morgan fingerprint density at radius 2 is 2.03 bits per heavy atom. The summed E-state index contributed by atoms with van der Waals surface area (Å²) in [6, 6.07) is 13.5. The van der Waals surface area contributed by atoms with Crippen molar-refractivity contribution in [2.24, 2.45) is 0 Å². The van der Waals surface area contributed by atoms with Crippen molar-refractivity contribution in [1.29, 1.82) is 5.26 Å². The second-order valence-electron chi connectivity index (χ2n) is 7.15. The first-order chi connectivity index (χ1) is 16.0. The number of aryl methyl sites for hydroxylation is 1. The van der Waals surface area contributed by atoms with Crippen molar-refractivity contribution in [3.8, 4) is 17.7 Å². The van der Waals surface area contributed by atoms with E-state index in [1.807, 2.05) is 13.0 Å². The SMILES string of the molecule is Cc1cc(Nc2c(C#N)cnc3ccc([N+](=O)[O-])cc23)ccc1Oc1cc2nncn2cn1. The summed E-state index contributed by atoms with van der Waals surface area (Å²) in [6.07, 6.45) is 4.55. The molecular formula is C22H14N8O3. The number of hydrogen-bond donors (Lipinski definition) is 1. The molecule has 0 aliphatic rings. The summed E-state index contributed by atoms with van der Waals surface area (Å²) in [7, 11) is 0. The summed E-state index contributed by atoms with van der Waals surface area (Å²) in [6.45, 7) is 1.87. The van der Waals surface area contributed by atoms with E-state index in [2.05, 4.69) is 31.6 Å². The normalized spacial score (nSPS) is 10.8. The van der Waals surface area contributed by atoms with Gasteiger partial charge in [-0.2, -0.15) is 5.26 Å². The zero-order chi connectivity index (χ0) is 22.9. The van der Waals surface area contributed by atoms with Crippen LogP contribution in [0.25, 0.3) is 16.6 Å². The fourth-order valence-electron chi connectivity index (χ4n) is 3.38. The lowest BCUT2D eigenvalue weighted by Crippen LogP contribution is -1.99. The number of rotatable bonds is 5. The largest absolute Gasteiger partial charge is 0.439 e. The van der Waals surface area contributed by atoms with E-state index in [1.165, 1.54) is 18.3 Å². The number of fused-ring (bicyclic) bond motifs is 2. The number of ether oxygens (including phenoxy) is 1. The molecule has 1 N–H and O–H groups in total. The minimum atomic E-state index is -0.483. The van der Waals surface area contributed by atoms with Gasteiger partial charge in [0.2, 0.25) is 5.88 Å². The standard InChI is InChI=1S/C22H14N8O3/c1-13-6-15(2-5-19(13)33-21-8-20-28-26-12-29(20)11-25-21)27-22-14(9-23)10-24-18-4-3-16(30(31)32)7-17(18)22/h2-8,10-12H,1H3,(H,24,27). The van der Waals surface area contributed by atoms with Gasteiger partial charge < -0.3 is 10.1 Å². The lowest BCUT2D eigenvalue weighted by atomic mass is 10.1. The van der Waals surface area contributed by atoms with Crippen LogP contribution in [0, 0.1) is 28.4 Å². The molecule has 0 amide bonds. The highest BCUT2D eigenvalue weighted by Gasteiger charge is 2.14. The minimum Gasteiger partial charge on any atom is -0.439 e. The third-order valence-corrected chi connectivity index (χ3v) is 5.00. The third kappa shape index (κ3) is 3.72. The Hall–Kier alpha value is -5.11. The Kier molecular flexibility index (Phi) is 4.72. The van der Waals surface area contributed by atoms with E-state index in [9.17, 15) is 15.4 Å². The first kappa shape index (κ1) is 19.8. The van der Waals surface area contributed by atoms with E-state index in [0.29, 0.717) is 39.6 Å². The molecule has 0 atom stereocenters. The van der Waals surface area contributed by atoms with Crippen LogP contribution in [-0.2, 0) is 0 Å². The fourth-order valence-corrected chi connectivity index (χ4v) is 3.38. The molecule has 3 aromatic heterocycles. The van der Waals surface area contributed by atoms with Crippen molar-refractivity contribution in [2.75, 3.05) is 5.32 Å². The maximum Gasteiger partial charge on any atom is 0.270 e. The van der Waals surface area contributed by atoms with E-state index in [0.717, 1.165) is 5.56 Å². The number of nitrogens with one attached hydrogen (secondary N) is 1. The van der Waals surface area contributed by atoms with Crippen molar-refractivity contribution >= 4 is 33.6 Å². The lowest BCUT2D eigenvalue weighted by molar-refractivity contribution is -0.384. The number of nitrogens with zero attached hydrogens (tertiary/aromatic N) is 7. The van der Waals surface area contributed by atoms with E-state index < -0.39 is 4.92 Å². The van der Waals surface area contributed by atoms with E-state index in [1.54, 1.807) is 41.3 Å². The van der Waals surface area contributed by atoms with Gasteiger partial charge in [0, 0.05) is 35.5 Å². The van der Waals surface area contributed by atoms with Gasteiger partial charge in [-0.25, -0.2) is 4.98 Å². The molecule has 160 valence electrons. The molecule has 0 fully saturated rings. The topological polar surface area (TPSA) is 144 Å². The molecule has 5 rings (SSSR count). The van der Waals surface area contributed by atoms with E-state index in [4.69, 9.17) is 4.74 Å². The third-order valence-electron chi connectivity index (χ3n) is 5.00. The number of hydrogen-bond acceptors (Lipinski definition) is 9. The summed E-state index contributed by atoms with van der Waals surface area (Å²) >= 11 is 0. The Morgan fingerprint density at radius 3 is 2.82 bits per heavy atom. The van der Waals surface area contributed by atoms with Crippen molar-refractivity contribution in [3.63, 3.8) is 0 Å². The minimum absolute atomic E-state index is 0.0838. The Balaban J connectivity index is 1.48. The van der Waals surface area contributed by atoms with Crippen molar-refractivity contribution in [3.05, 3.63) is 82.6 Å². The Labute approximate surface area is 186 Å². The Bertz CT molecular complexity index is 1590. The molecule has 0 aliphatic carbocycles. The summed E-state index contributed by atoms with van der Waals surface area (Å²) in [5.74, 6) is 0.964. The van der Waals surface area contributed by atoms with Crippen LogP contribution >= 0.6 is 0 Å². The summed E-state index contributed by atoms with van der Waals surface area (Å²) < 4.78 is 7.56. The van der Waals surface area contributed by atoms with Gasteiger partial charge in [-0.3, -0.25) is 19.5 Å². The van der Waals surface area contributed by atoms with E-state index in [-0.39, 0.29) is 11.3 Å². The zero-order valence-corrected chi connectivity index (χ0v) is 17.1. The zero-order valence-electron chi connectivity index (χ0n) is 17.1. The molecule has 0 bridgehead atoms. The quantitative estimate of drug-likeness (QED) is 0.313.